The quantitative estimate of drug-likeness (QED) is 0.589. The fourth-order valence-electron chi connectivity index (χ4n) is 4.49. The molecule has 0 aromatic heterocycles. The zero-order valence-corrected chi connectivity index (χ0v) is 19.5. The monoisotopic (exact) mass is 488 g/mol. The van der Waals surface area contributed by atoms with Gasteiger partial charge in [-0.25, -0.2) is 19.0 Å². The summed E-state index contributed by atoms with van der Waals surface area (Å²) in [6.45, 7) is -0.508. The van der Waals surface area contributed by atoms with Gasteiger partial charge in [0, 0.05) is 52.3 Å². The first-order valence-corrected chi connectivity index (χ1v) is 10.9. The molecule has 0 saturated carbocycles. The first kappa shape index (κ1) is 24.5. The Labute approximate surface area is 200 Å². The van der Waals surface area contributed by atoms with Gasteiger partial charge in [0.05, 0.1) is 0 Å². The second-order valence-corrected chi connectivity index (χ2v) is 8.98. The number of anilines is 1. The zero-order chi connectivity index (χ0) is 25.5. The summed E-state index contributed by atoms with van der Waals surface area (Å²) in [4.78, 5) is 40.3. The van der Waals surface area contributed by atoms with Crippen molar-refractivity contribution in [2.75, 3.05) is 33.0 Å². The van der Waals surface area contributed by atoms with Crippen LogP contribution in [0.2, 0.25) is 0 Å². The summed E-state index contributed by atoms with van der Waals surface area (Å²) >= 11 is 0. The molecule has 0 unspecified atom stereocenters. The molecule has 4 amide bonds. The number of carbonyl (C=O) groups excluding carboxylic acids is 3. The van der Waals surface area contributed by atoms with Gasteiger partial charge in [-0.3, -0.25) is 14.8 Å². The third-order valence-electron chi connectivity index (χ3n) is 6.27. The maximum Gasteiger partial charge on any atom is 0.320 e. The van der Waals surface area contributed by atoms with Crippen LogP contribution in [0.5, 0.6) is 0 Å². The smallest absolute Gasteiger partial charge is 0.320 e. The number of likely N-dealkylation sites (N-methyl/N-ethyl adjacent to an activating group) is 1. The number of fused-ring (bicyclic) bond motifs is 1. The van der Waals surface area contributed by atoms with E-state index in [0.29, 0.717) is 23.8 Å². The van der Waals surface area contributed by atoms with Crippen molar-refractivity contribution >= 4 is 23.5 Å². The average molecular weight is 488 g/mol. The summed E-state index contributed by atoms with van der Waals surface area (Å²) in [5.74, 6) is -2.37. The predicted octanol–water partition coefficient (Wildman–Crippen LogP) is 1.51. The Morgan fingerprint density at radius 1 is 1.11 bits per heavy atom. The summed E-state index contributed by atoms with van der Waals surface area (Å²) < 4.78 is 27.2. The largest absolute Gasteiger partial charge is 0.331 e. The highest BCUT2D eigenvalue weighted by Gasteiger charge is 2.54. The zero-order valence-electron chi connectivity index (χ0n) is 19.5. The van der Waals surface area contributed by atoms with Crippen LogP contribution in [0.3, 0.4) is 0 Å². The van der Waals surface area contributed by atoms with Gasteiger partial charge in [0.1, 0.15) is 23.7 Å². The number of nitrogens with one attached hydrogen (secondary N) is 2. The average Bonchev–Trinajstić information content (AvgIpc) is 3.25. The lowest BCUT2D eigenvalue weighted by atomic mass is 9.95. The van der Waals surface area contributed by atoms with Crippen molar-refractivity contribution in [1.82, 2.24) is 25.5 Å². The van der Waals surface area contributed by atoms with Crippen LogP contribution in [0.4, 0.5) is 19.3 Å². The number of carbonyl (C=O) groups is 3. The molecular formula is C23H26F2N6O4. The predicted molar refractivity (Wildman–Crippen MR) is 121 cm³/mol. The second-order valence-electron chi connectivity index (χ2n) is 8.98. The number of rotatable bonds is 5. The van der Waals surface area contributed by atoms with Gasteiger partial charge in [0.15, 0.2) is 0 Å². The van der Waals surface area contributed by atoms with Gasteiger partial charge in [0.25, 0.3) is 5.91 Å². The van der Waals surface area contributed by atoms with Crippen molar-refractivity contribution in [3.05, 3.63) is 64.7 Å². The van der Waals surface area contributed by atoms with E-state index >= 15 is 0 Å². The first-order chi connectivity index (χ1) is 16.5. The van der Waals surface area contributed by atoms with E-state index in [1.54, 1.807) is 25.2 Å². The SMILES string of the molecule is CN(C)C(=O)N(CC(=O)Nc1ccc2c(c1)C[C@@]1(C2)C(=O)NN(O)N1C)Cc1cc(F)cc(F)c1. The van der Waals surface area contributed by atoms with E-state index in [9.17, 15) is 28.4 Å². The molecule has 2 aromatic rings. The Balaban J connectivity index is 1.47. The Bertz CT molecular complexity index is 1170. The lowest BCUT2D eigenvalue weighted by molar-refractivity contribution is -0.258. The van der Waals surface area contributed by atoms with Crippen molar-refractivity contribution in [3.8, 4) is 0 Å². The van der Waals surface area contributed by atoms with Gasteiger partial charge < -0.3 is 15.1 Å². The molecular weight excluding hydrogens is 462 g/mol. The maximum atomic E-state index is 13.6. The van der Waals surface area contributed by atoms with E-state index in [-0.39, 0.29) is 24.6 Å². The molecule has 1 fully saturated rings. The number of urea groups is 1. The molecule has 1 aliphatic heterocycles. The van der Waals surface area contributed by atoms with E-state index in [2.05, 4.69) is 10.7 Å². The highest BCUT2D eigenvalue weighted by atomic mass is 19.1. The molecule has 35 heavy (non-hydrogen) atoms. The summed E-state index contributed by atoms with van der Waals surface area (Å²) in [7, 11) is 4.63. The molecule has 1 spiro atoms. The topological polar surface area (TPSA) is 108 Å². The van der Waals surface area contributed by atoms with Gasteiger partial charge in [-0.2, -0.15) is 5.01 Å². The molecule has 1 aliphatic carbocycles. The molecule has 186 valence electrons. The Hall–Kier alpha value is -3.61. The number of hydrazine groups is 2. The van der Waals surface area contributed by atoms with Crippen LogP contribution in [0.15, 0.2) is 36.4 Å². The van der Waals surface area contributed by atoms with E-state index in [4.69, 9.17) is 0 Å². The first-order valence-electron chi connectivity index (χ1n) is 10.9. The molecule has 1 atom stereocenters. The Kier molecular flexibility index (Phi) is 6.45. The third kappa shape index (κ3) is 4.81. The number of amides is 4. The molecule has 12 heteroatoms. The number of hydrogen-bond acceptors (Lipinski definition) is 6. The molecule has 1 saturated heterocycles. The van der Waals surface area contributed by atoms with E-state index in [1.165, 1.54) is 28.9 Å². The van der Waals surface area contributed by atoms with Crippen LogP contribution in [-0.4, -0.2) is 76.4 Å². The summed E-state index contributed by atoms with van der Waals surface area (Å²) in [6.07, 6.45) is 0.729. The molecule has 1 heterocycles. The van der Waals surface area contributed by atoms with Gasteiger partial charge >= 0.3 is 6.03 Å². The van der Waals surface area contributed by atoms with Gasteiger partial charge in [-0.15, -0.1) is 0 Å². The van der Waals surface area contributed by atoms with Crippen LogP contribution in [0.1, 0.15) is 16.7 Å². The van der Waals surface area contributed by atoms with Crippen LogP contribution in [0.25, 0.3) is 0 Å². The third-order valence-corrected chi connectivity index (χ3v) is 6.27. The van der Waals surface area contributed by atoms with Crippen molar-refractivity contribution in [2.45, 2.75) is 24.9 Å². The molecule has 2 aromatic carbocycles. The van der Waals surface area contributed by atoms with Crippen LogP contribution >= 0.6 is 0 Å². The molecule has 0 radical (unpaired) electrons. The van der Waals surface area contributed by atoms with E-state index in [0.717, 1.165) is 29.3 Å². The molecule has 10 nitrogen and oxygen atoms in total. The fraction of sp³-hybridized carbons (Fsp3) is 0.348. The summed E-state index contributed by atoms with van der Waals surface area (Å²) in [5, 5.41) is 14.7. The van der Waals surface area contributed by atoms with Gasteiger partial charge in [0.2, 0.25) is 5.91 Å². The second kappa shape index (κ2) is 9.21. The lowest BCUT2D eigenvalue weighted by Crippen LogP contribution is -2.50. The van der Waals surface area contributed by atoms with Gasteiger partial charge in [-0.05, 0) is 46.2 Å². The van der Waals surface area contributed by atoms with Crippen LogP contribution < -0.4 is 10.7 Å². The molecule has 2 aliphatic rings. The highest BCUT2D eigenvalue weighted by molar-refractivity contribution is 5.95. The standard InChI is InChI=1S/C23H26F2N6O4/c1-28(2)22(34)30(12-14-6-17(24)9-18(25)7-14)13-20(32)26-19-5-4-15-10-23(11-16(15)8-19)21(33)27-31(35)29(23)3/h4-9,35H,10-13H2,1-3H3,(H,26,32)(H,27,33)/t23-/m0/s1. The van der Waals surface area contributed by atoms with E-state index in [1.807, 2.05) is 0 Å². The minimum atomic E-state index is -0.950. The number of halogens is 2. The normalized spacial score (nSPS) is 19.5. The van der Waals surface area contributed by atoms with Crippen molar-refractivity contribution in [3.63, 3.8) is 0 Å². The number of benzene rings is 2. The maximum absolute atomic E-state index is 13.6. The minimum Gasteiger partial charge on any atom is -0.331 e. The highest BCUT2D eigenvalue weighted by Crippen LogP contribution is 2.38. The molecule has 3 N–H and O–H groups in total. The van der Waals surface area contributed by atoms with Crippen molar-refractivity contribution in [1.29, 1.82) is 0 Å². The van der Waals surface area contributed by atoms with Gasteiger partial charge in [-0.1, -0.05) is 6.07 Å². The van der Waals surface area contributed by atoms with Crippen LogP contribution in [0, 0.1) is 11.6 Å². The Morgan fingerprint density at radius 2 is 1.77 bits per heavy atom. The summed E-state index contributed by atoms with van der Waals surface area (Å²) in [5.41, 5.74) is 3.86. The number of hydrogen-bond donors (Lipinski definition) is 3. The number of nitrogens with zero attached hydrogens (tertiary/aromatic N) is 4. The van der Waals surface area contributed by atoms with Crippen LogP contribution in [-0.2, 0) is 29.0 Å². The fourth-order valence-corrected chi connectivity index (χ4v) is 4.49. The van der Waals surface area contributed by atoms with E-state index < -0.39 is 29.1 Å². The lowest BCUT2D eigenvalue weighted by Gasteiger charge is -2.28. The molecule has 0 bridgehead atoms. The Morgan fingerprint density at radius 3 is 2.37 bits per heavy atom. The van der Waals surface area contributed by atoms with Crippen molar-refractivity contribution in [2.24, 2.45) is 0 Å². The van der Waals surface area contributed by atoms with Crippen molar-refractivity contribution < 1.29 is 28.4 Å². The summed E-state index contributed by atoms with van der Waals surface area (Å²) in [6, 6.07) is 7.71. The molecule has 4 rings (SSSR count). The minimum absolute atomic E-state index is 0.162.